The second-order valence-electron chi connectivity index (χ2n) is 10.3. The van der Waals surface area contributed by atoms with Crippen molar-refractivity contribution in [3.05, 3.63) is 82.9 Å². The van der Waals surface area contributed by atoms with Gasteiger partial charge < -0.3 is 0 Å². The molecule has 186 valence electrons. The van der Waals surface area contributed by atoms with E-state index in [1.165, 1.54) is 97.6 Å². The molecule has 4 rings (SSSR count). The first-order valence-corrected chi connectivity index (χ1v) is 15.9. The van der Waals surface area contributed by atoms with E-state index < -0.39 is 0 Å². The normalized spacial score (nSPS) is 13.6. The Morgan fingerprint density at radius 2 is 1.29 bits per heavy atom. The van der Waals surface area contributed by atoms with Crippen LogP contribution in [0.5, 0.6) is 0 Å². The summed E-state index contributed by atoms with van der Waals surface area (Å²) in [6.07, 6.45) is 13.1. The SMILES string of the molecule is CCCCCCC1(CCCCCC)c2ccccc2-c2ccc(-c3cc(CBr)ccc3CBr)cc21. The molecule has 0 radical (unpaired) electrons. The van der Waals surface area contributed by atoms with Crippen LogP contribution >= 0.6 is 31.9 Å². The molecule has 0 saturated heterocycles. The van der Waals surface area contributed by atoms with Gasteiger partial charge in [0.15, 0.2) is 0 Å². The van der Waals surface area contributed by atoms with Gasteiger partial charge in [-0.05, 0) is 63.4 Å². The molecule has 0 unspecified atom stereocenters. The van der Waals surface area contributed by atoms with Crippen LogP contribution in [0.4, 0.5) is 0 Å². The first-order valence-electron chi connectivity index (χ1n) is 13.7. The van der Waals surface area contributed by atoms with E-state index in [4.69, 9.17) is 0 Å². The van der Waals surface area contributed by atoms with Crippen molar-refractivity contribution in [2.24, 2.45) is 0 Å². The summed E-state index contributed by atoms with van der Waals surface area (Å²) in [5, 5.41) is 1.76. The van der Waals surface area contributed by atoms with Crippen molar-refractivity contribution in [1.82, 2.24) is 0 Å². The number of hydrogen-bond acceptors (Lipinski definition) is 0. The molecular formula is C33H40Br2. The number of hydrogen-bond donors (Lipinski definition) is 0. The van der Waals surface area contributed by atoms with Crippen molar-refractivity contribution in [2.45, 2.75) is 94.1 Å². The monoisotopic (exact) mass is 594 g/mol. The van der Waals surface area contributed by atoms with E-state index in [0.29, 0.717) is 0 Å². The molecule has 0 spiro atoms. The maximum absolute atomic E-state index is 3.75. The Hall–Kier alpha value is -1.38. The first kappa shape index (κ1) is 26.7. The van der Waals surface area contributed by atoms with Gasteiger partial charge in [0, 0.05) is 16.1 Å². The third-order valence-electron chi connectivity index (χ3n) is 7.97. The van der Waals surface area contributed by atoms with Gasteiger partial charge in [0.2, 0.25) is 0 Å². The molecule has 1 aliphatic rings. The summed E-state index contributed by atoms with van der Waals surface area (Å²) in [5.41, 5.74) is 11.7. The van der Waals surface area contributed by atoms with E-state index in [1.807, 2.05) is 0 Å². The largest absolute Gasteiger partial charge is 0.0876 e. The van der Waals surface area contributed by atoms with Gasteiger partial charge in [-0.15, -0.1) is 0 Å². The fourth-order valence-corrected chi connectivity index (χ4v) is 6.92. The summed E-state index contributed by atoms with van der Waals surface area (Å²) in [6.45, 7) is 4.63. The van der Waals surface area contributed by atoms with E-state index in [-0.39, 0.29) is 5.41 Å². The van der Waals surface area contributed by atoms with E-state index in [9.17, 15) is 0 Å². The highest BCUT2D eigenvalue weighted by atomic mass is 79.9. The minimum absolute atomic E-state index is 0.144. The smallest absolute Gasteiger partial charge is 0.0289 e. The molecule has 2 heteroatoms. The molecule has 0 heterocycles. The molecule has 35 heavy (non-hydrogen) atoms. The number of benzene rings is 3. The zero-order valence-corrected chi connectivity index (χ0v) is 24.7. The van der Waals surface area contributed by atoms with Crippen molar-refractivity contribution in [3.8, 4) is 22.3 Å². The van der Waals surface area contributed by atoms with Crippen molar-refractivity contribution in [3.63, 3.8) is 0 Å². The van der Waals surface area contributed by atoms with Gasteiger partial charge in [0.05, 0.1) is 0 Å². The highest BCUT2D eigenvalue weighted by Gasteiger charge is 2.42. The fourth-order valence-electron chi connectivity index (χ4n) is 6.09. The minimum Gasteiger partial charge on any atom is -0.0876 e. The number of fused-ring (bicyclic) bond motifs is 3. The lowest BCUT2D eigenvalue weighted by molar-refractivity contribution is 0.401. The topological polar surface area (TPSA) is 0 Å². The van der Waals surface area contributed by atoms with Crippen LogP contribution in [0, 0.1) is 0 Å². The molecule has 0 atom stereocenters. The minimum atomic E-state index is 0.144. The number of rotatable bonds is 13. The molecule has 3 aromatic rings. The quantitative estimate of drug-likeness (QED) is 0.136. The van der Waals surface area contributed by atoms with Crippen LogP contribution in [0.2, 0.25) is 0 Å². The van der Waals surface area contributed by atoms with Crippen molar-refractivity contribution >= 4 is 31.9 Å². The van der Waals surface area contributed by atoms with Crippen LogP contribution < -0.4 is 0 Å². The van der Waals surface area contributed by atoms with E-state index in [2.05, 4.69) is 106 Å². The van der Waals surface area contributed by atoms with Crippen LogP contribution in [0.1, 0.15) is 100 Å². The van der Waals surface area contributed by atoms with Gasteiger partial charge in [-0.3, -0.25) is 0 Å². The van der Waals surface area contributed by atoms with Gasteiger partial charge >= 0.3 is 0 Å². The third-order valence-corrected chi connectivity index (χ3v) is 9.22. The number of halogens is 2. The van der Waals surface area contributed by atoms with E-state index in [1.54, 1.807) is 11.1 Å². The first-order chi connectivity index (χ1) is 17.2. The highest BCUT2D eigenvalue weighted by molar-refractivity contribution is 9.08. The molecule has 0 aromatic heterocycles. The summed E-state index contributed by atoms with van der Waals surface area (Å²) in [6, 6.07) is 23.5. The van der Waals surface area contributed by atoms with Crippen LogP contribution in [0.25, 0.3) is 22.3 Å². The van der Waals surface area contributed by atoms with Gasteiger partial charge in [-0.1, -0.05) is 152 Å². The predicted molar refractivity (Wildman–Crippen MR) is 161 cm³/mol. The Morgan fingerprint density at radius 1 is 0.600 bits per heavy atom. The van der Waals surface area contributed by atoms with Crippen LogP contribution in [-0.4, -0.2) is 0 Å². The maximum Gasteiger partial charge on any atom is 0.0289 e. The maximum atomic E-state index is 3.75. The number of unbranched alkanes of at least 4 members (excludes halogenated alkanes) is 6. The fraction of sp³-hybridized carbons (Fsp3) is 0.455. The summed E-state index contributed by atoms with van der Waals surface area (Å²) < 4.78 is 0. The molecule has 1 aliphatic carbocycles. The molecule has 3 aromatic carbocycles. The molecule has 0 aliphatic heterocycles. The van der Waals surface area contributed by atoms with Crippen LogP contribution in [0.15, 0.2) is 60.7 Å². The molecule has 0 nitrogen and oxygen atoms in total. The molecule has 0 saturated carbocycles. The Labute approximate surface area is 230 Å². The number of alkyl halides is 2. The summed E-state index contributed by atoms with van der Waals surface area (Å²) in [7, 11) is 0. The average molecular weight is 596 g/mol. The summed E-state index contributed by atoms with van der Waals surface area (Å²) in [4.78, 5) is 0. The van der Waals surface area contributed by atoms with Crippen molar-refractivity contribution in [1.29, 1.82) is 0 Å². The van der Waals surface area contributed by atoms with E-state index >= 15 is 0 Å². The highest BCUT2D eigenvalue weighted by Crippen LogP contribution is 2.55. The Morgan fingerprint density at radius 3 is 1.94 bits per heavy atom. The lowest BCUT2D eigenvalue weighted by atomic mass is 9.70. The second-order valence-corrected chi connectivity index (χ2v) is 11.4. The van der Waals surface area contributed by atoms with Gasteiger partial charge in [0.25, 0.3) is 0 Å². The third kappa shape index (κ3) is 5.64. The van der Waals surface area contributed by atoms with Crippen molar-refractivity contribution < 1.29 is 0 Å². The van der Waals surface area contributed by atoms with Gasteiger partial charge in [-0.2, -0.15) is 0 Å². The summed E-state index contributed by atoms with van der Waals surface area (Å²) >= 11 is 7.41. The standard InChI is InChI=1S/C33H40Br2/c1-3-5-7-11-19-33(20-12-8-6-4-2)31-14-10-9-13-28(31)29-18-17-26(22-32(29)33)30-21-25(23-34)15-16-27(30)24-35/h9-10,13-18,21-22H,3-8,11-12,19-20,23-24H2,1-2H3. The summed E-state index contributed by atoms with van der Waals surface area (Å²) in [5.74, 6) is 0. The molecule has 0 amide bonds. The lowest BCUT2D eigenvalue weighted by Gasteiger charge is -2.33. The van der Waals surface area contributed by atoms with Gasteiger partial charge in [-0.25, -0.2) is 0 Å². The molecule has 0 bridgehead atoms. The van der Waals surface area contributed by atoms with Gasteiger partial charge in [0.1, 0.15) is 0 Å². The molecule has 0 fully saturated rings. The average Bonchev–Trinajstić information content (AvgIpc) is 3.18. The molecule has 0 N–H and O–H groups in total. The van der Waals surface area contributed by atoms with Crippen LogP contribution in [0.3, 0.4) is 0 Å². The predicted octanol–water partition coefficient (Wildman–Crippen LogP) is 11.4. The zero-order valence-electron chi connectivity index (χ0n) is 21.5. The van der Waals surface area contributed by atoms with E-state index in [0.717, 1.165) is 10.7 Å². The van der Waals surface area contributed by atoms with Crippen LogP contribution in [-0.2, 0) is 16.1 Å². The van der Waals surface area contributed by atoms with Crippen molar-refractivity contribution in [2.75, 3.05) is 0 Å². The Balaban J connectivity index is 1.83. The Bertz CT molecular complexity index is 1100. The lowest BCUT2D eigenvalue weighted by Crippen LogP contribution is -2.25. The Kier molecular flexibility index (Phi) is 9.70. The second kappa shape index (κ2) is 12.7. The zero-order chi connectivity index (χ0) is 24.7. The molecular weight excluding hydrogens is 556 g/mol.